The molecule has 2 aromatic carbocycles. The van der Waals surface area contributed by atoms with Crippen molar-refractivity contribution in [3.8, 4) is 0 Å². The first kappa shape index (κ1) is 14.1. The Bertz CT molecular complexity index is 637. The summed E-state index contributed by atoms with van der Waals surface area (Å²) < 4.78 is 0. The summed E-state index contributed by atoms with van der Waals surface area (Å²) in [6.07, 6.45) is 6.54. The standard InChI is InChI=1S/C20H22O/c1-15(21)20-14-18-5-3-2-4-16-6-8-17(9-7-16)10-12-19(20)13-11-18/h6-9,11,13-14H,2-5,10,12H2,1H3. The zero-order chi connectivity index (χ0) is 14.7. The first-order valence-corrected chi connectivity index (χ1v) is 7.93. The van der Waals surface area contributed by atoms with Crippen molar-refractivity contribution in [2.75, 3.05) is 0 Å². The highest BCUT2D eigenvalue weighted by Crippen LogP contribution is 2.19. The van der Waals surface area contributed by atoms with E-state index in [1.54, 1.807) is 6.92 Å². The number of rotatable bonds is 1. The smallest absolute Gasteiger partial charge is 0.160 e. The molecule has 0 unspecified atom stereocenters. The number of ketones is 1. The lowest BCUT2D eigenvalue weighted by atomic mass is 9.93. The fourth-order valence-corrected chi connectivity index (χ4v) is 3.13. The highest BCUT2D eigenvalue weighted by Gasteiger charge is 2.09. The van der Waals surface area contributed by atoms with E-state index < -0.39 is 0 Å². The third-order valence-corrected chi connectivity index (χ3v) is 4.44. The summed E-state index contributed by atoms with van der Waals surface area (Å²) in [6.45, 7) is 1.68. The van der Waals surface area contributed by atoms with Crippen LogP contribution in [0.3, 0.4) is 0 Å². The van der Waals surface area contributed by atoms with Gasteiger partial charge in [-0.05, 0) is 73.8 Å². The minimum atomic E-state index is 0.189. The fraction of sp³-hybridized carbons (Fsp3) is 0.350. The number of hydrogen-bond donors (Lipinski definition) is 0. The molecule has 0 N–H and O–H groups in total. The number of carbonyl (C=O) groups excluding carboxylic acids is 1. The quantitative estimate of drug-likeness (QED) is 0.699. The Hall–Kier alpha value is -1.89. The zero-order valence-corrected chi connectivity index (χ0v) is 12.7. The van der Waals surface area contributed by atoms with Gasteiger partial charge in [-0.15, -0.1) is 0 Å². The van der Waals surface area contributed by atoms with Crippen molar-refractivity contribution in [1.82, 2.24) is 0 Å². The average Bonchev–Trinajstić information content (AvgIpc) is 2.51. The van der Waals surface area contributed by atoms with Gasteiger partial charge in [-0.1, -0.05) is 36.4 Å². The van der Waals surface area contributed by atoms with Crippen molar-refractivity contribution in [1.29, 1.82) is 0 Å². The van der Waals surface area contributed by atoms with Crippen LogP contribution in [0.2, 0.25) is 0 Å². The largest absolute Gasteiger partial charge is 0.295 e. The van der Waals surface area contributed by atoms with Gasteiger partial charge in [0.05, 0.1) is 0 Å². The molecule has 4 aliphatic carbocycles. The monoisotopic (exact) mass is 278 g/mol. The molecule has 0 amide bonds. The van der Waals surface area contributed by atoms with Crippen LogP contribution in [0.5, 0.6) is 0 Å². The summed E-state index contributed by atoms with van der Waals surface area (Å²) in [4.78, 5) is 11.9. The molecular weight excluding hydrogens is 256 g/mol. The number of hydrogen-bond acceptors (Lipinski definition) is 1. The van der Waals surface area contributed by atoms with Gasteiger partial charge >= 0.3 is 0 Å². The molecule has 0 heterocycles. The molecule has 6 rings (SSSR count). The molecule has 0 atom stereocenters. The predicted octanol–water partition coefficient (Wildman–Crippen LogP) is 4.55. The summed E-state index contributed by atoms with van der Waals surface area (Å²) in [7, 11) is 0. The van der Waals surface area contributed by atoms with E-state index >= 15 is 0 Å². The highest BCUT2D eigenvalue weighted by molar-refractivity contribution is 5.95. The zero-order valence-electron chi connectivity index (χ0n) is 12.7. The van der Waals surface area contributed by atoms with Crippen molar-refractivity contribution in [2.24, 2.45) is 0 Å². The van der Waals surface area contributed by atoms with Crippen molar-refractivity contribution >= 4 is 5.78 Å². The minimum absolute atomic E-state index is 0.189. The van der Waals surface area contributed by atoms with Gasteiger partial charge in [0.15, 0.2) is 5.78 Å². The highest BCUT2D eigenvalue weighted by atomic mass is 16.1. The molecule has 2 aromatic rings. The second kappa shape index (κ2) is 6.26. The van der Waals surface area contributed by atoms with Gasteiger partial charge in [-0.3, -0.25) is 4.79 Å². The third-order valence-electron chi connectivity index (χ3n) is 4.44. The van der Waals surface area contributed by atoms with E-state index in [-0.39, 0.29) is 5.78 Å². The topological polar surface area (TPSA) is 17.1 Å². The van der Waals surface area contributed by atoms with Crippen molar-refractivity contribution < 1.29 is 4.79 Å². The lowest BCUT2D eigenvalue weighted by molar-refractivity contribution is 0.101. The number of Topliss-reactive ketones (excluding diaryl/α,β-unsaturated/α-hetero) is 1. The van der Waals surface area contributed by atoms with Gasteiger partial charge < -0.3 is 0 Å². The molecule has 0 saturated heterocycles. The van der Waals surface area contributed by atoms with Crippen LogP contribution in [0.25, 0.3) is 0 Å². The summed E-state index contributed by atoms with van der Waals surface area (Å²) >= 11 is 0. The van der Waals surface area contributed by atoms with Gasteiger partial charge in [0.1, 0.15) is 0 Å². The van der Waals surface area contributed by atoms with Gasteiger partial charge in [0.2, 0.25) is 0 Å². The van der Waals surface area contributed by atoms with Crippen molar-refractivity contribution in [2.45, 2.75) is 45.4 Å². The Labute approximate surface area is 127 Å². The normalized spacial score (nSPS) is 14.9. The summed E-state index contributed by atoms with van der Waals surface area (Å²) in [6, 6.07) is 15.5. The van der Waals surface area contributed by atoms with Gasteiger partial charge in [0, 0.05) is 5.56 Å². The maximum Gasteiger partial charge on any atom is 0.160 e. The van der Waals surface area contributed by atoms with E-state index in [2.05, 4.69) is 42.5 Å². The maximum absolute atomic E-state index is 11.9. The molecule has 0 spiro atoms. The van der Waals surface area contributed by atoms with Crippen LogP contribution in [-0.4, -0.2) is 5.78 Å². The van der Waals surface area contributed by atoms with Gasteiger partial charge in [0.25, 0.3) is 0 Å². The van der Waals surface area contributed by atoms with E-state index in [9.17, 15) is 4.79 Å². The van der Waals surface area contributed by atoms with Crippen molar-refractivity contribution in [3.05, 3.63) is 70.3 Å². The molecule has 1 nitrogen and oxygen atoms in total. The lowest BCUT2D eigenvalue weighted by Gasteiger charge is -2.12. The molecule has 0 radical (unpaired) electrons. The molecule has 4 bridgehead atoms. The Balaban J connectivity index is 1.94. The number of carbonyl (C=O) groups is 1. The molecule has 1 heteroatoms. The molecule has 0 aliphatic heterocycles. The van der Waals surface area contributed by atoms with Crippen molar-refractivity contribution in [3.63, 3.8) is 0 Å². The Morgan fingerprint density at radius 3 is 2.00 bits per heavy atom. The lowest BCUT2D eigenvalue weighted by Crippen LogP contribution is -2.04. The van der Waals surface area contributed by atoms with Gasteiger partial charge in [-0.2, -0.15) is 0 Å². The summed E-state index contributed by atoms with van der Waals surface area (Å²) in [5.74, 6) is 0.189. The predicted molar refractivity (Wildman–Crippen MR) is 86.9 cm³/mol. The Morgan fingerprint density at radius 1 is 0.762 bits per heavy atom. The molecule has 0 saturated carbocycles. The minimum Gasteiger partial charge on any atom is -0.295 e. The Morgan fingerprint density at radius 2 is 1.33 bits per heavy atom. The molecule has 4 aliphatic rings. The summed E-state index contributed by atoms with van der Waals surface area (Å²) in [5, 5.41) is 0. The van der Waals surface area contributed by atoms with Crippen LogP contribution < -0.4 is 0 Å². The third kappa shape index (κ3) is 3.41. The Kier molecular flexibility index (Phi) is 4.19. The molecule has 108 valence electrons. The van der Waals surface area contributed by atoms with Crippen LogP contribution in [0, 0.1) is 0 Å². The maximum atomic E-state index is 11.9. The first-order valence-electron chi connectivity index (χ1n) is 7.93. The number of aryl methyl sites for hydroxylation is 4. The SMILES string of the molecule is CC(=O)c1cc2ccc1CCc1ccc(cc1)CCCC2. The summed E-state index contributed by atoms with van der Waals surface area (Å²) in [5.41, 5.74) is 6.20. The van der Waals surface area contributed by atoms with Gasteiger partial charge in [-0.25, -0.2) is 0 Å². The van der Waals surface area contributed by atoms with Crippen LogP contribution >= 0.6 is 0 Å². The van der Waals surface area contributed by atoms with Crippen LogP contribution in [0.1, 0.15) is 52.4 Å². The fourth-order valence-electron chi connectivity index (χ4n) is 3.13. The van der Waals surface area contributed by atoms with E-state index in [0.717, 1.165) is 31.2 Å². The van der Waals surface area contributed by atoms with Crippen LogP contribution in [0.15, 0.2) is 42.5 Å². The number of benzene rings is 2. The molecule has 21 heavy (non-hydrogen) atoms. The second-order valence-corrected chi connectivity index (χ2v) is 6.07. The molecule has 0 fully saturated rings. The second-order valence-electron chi connectivity index (χ2n) is 6.07. The molecule has 0 aromatic heterocycles. The van der Waals surface area contributed by atoms with Crippen LogP contribution in [0.4, 0.5) is 0 Å². The first-order chi connectivity index (χ1) is 10.2. The van der Waals surface area contributed by atoms with E-state index in [4.69, 9.17) is 0 Å². The van der Waals surface area contributed by atoms with E-state index in [0.29, 0.717) is 0 Å². The molecular formula is C20H22O. The van der Waals surface area contributed by atoms with E-state index in [1.807, 2.05) is 0 Å². The average molecular weight is 278 g/mol. The van der Waals surface area contributed by atoms with Crippen LogP contribution in [-0.2, 0) is 25.7 Å². The van der Waals surface area contributed by atoms with E-state index in [1.165, 1.54) is 35.1 Å².